The third-order valence-corrected chi connectivity index (χ3v) is 2.57. The molecule has 0 aliphatic carbocycles. The molecule has 0 saturated heterocycles. The van der Waals surface area contributed by atoms with E-state index in [9.17, 15) is 9.59 Å². The van der Waals surface area contributed by atoms with E-state index in [2.05, 4.69) is 20.3 Å². The summed E-state index contributed by atoms with van der Waals surface area (Å²) in [6.07, 6.45) is -0.671. The van der Waals surface area contributed by atoms with Crippen molar-refractivity contribution in [3.05, 3.63) is 10.4 Å². The Hall–Kier alpha value is -2.16. The van der Waals surface area contributed by atoms with Gasteiger partial charge >= 0.3 is 12.1 Å². The van der Waals surface area contributed by atoms with Crippen LogP contribution in [0.25, 0.3) is 0 Å². The van der Waals surface area contributed by atoms with Crippen LogP contribution in [0.4, 0.5) is 10.6 Å². The van der Waals surface area contributed by atoms with Crippen LogP contribution in [-0.4, -0.2) is 40.6 Å². The lowest BCUT2D eigenvalue weighted by molar-refractivity contribution is -0.129. The Balaban J connectivity index is 2.80. The average Bonchev–Trinajstić information content (AvgIpc) is 2.70. The lowest BCUT2D eigenvalue weighted by atomic mass is 10.2. The number of rotatable bonds is 4. The molecule has 0 atom stereocenters. The Kier molecular flexibility index (Phi) is 5.03. The molecule has 0 radical (unpaired) electrons. The van der Waals surface area contributed by atoms with Gasteiger partial charge in [0.2, 0.25) is 5.71 Å². The smallest absolute Gasteiger partial charge is 0.413 e. The lowest BCUT2D eigenvalue weighted by Crippen LogP contribution is -2.27. The van der Waals surface area contributed by atoms with Crippen molar-refractivity contribution in [2.24, 2.45) is 5.16 Å². The second-order valence-corrected chi connectivity index (χ2v) is 5.45. The summed E-state index contributed by atoms with van der Waals surface area (Å²) in [6.45, 7) is 5.19. The summed E-state index contributed by atoms with van der Waals surface area (Å²) in [6, 6.07) is 0. The minimum atomic E-state index is -1.27. The molecule has 0 fully saturated rings. The molecule has 1 aromatic rings. The van der Waals surface area contributed by atoms with Crippen molar-refractivity contribution in [3.63, 3.8) is 0 Å². The van der Waals surface area contributed by atoms with Gasteiger partial charge in [-0.3, -0.25) is 5.32 Å². The van der Waals surface area contributed by atoms with Crippen molar-refractivity contribution in [1.82, 2.24) is 4.98 Å². The van der Waals surface area contributed by atoms with Gasteiger partial charge < -0.3 is 14.7 Å². The summed E-state index contributed by atoms with van der Waals surface area (Å²) < 4.78 is 5.05. The van der Waals surface area contributed by atoms with Crippen LogP contribution < -0.4 is 5.32 Å². The van der Waals surface area contributed by atoms with Gasteiger partial charge in [0, 0.05) is 5.38 Å². The first-order valence-electron chi connectivity index (χ1n) is 5.53. The number of hydrogen-bond acceptors (Lipinski definition) is 7. The van der Waals surface area contributed by atoms with Gasteiger partial charge in [-0.1, -0.05) is 5.16 Å². The topological polar surface area (TPSA) is 110 Å². The van der Waals surface area contributed by atoms with Gasteiger partial charge in [0.1, 0.15) is 18.5 Å². The summed E-state index contributed by atoms with van der Waals surface area (Å²) in [4.78, 5) is 30.9. The molecule has 20 heavy (non-hydrogen) atoms. The number of anilines is 1. The number of ether oxygens (including phenoxy) is 1. The summed E-state index contributed by atoms with van der Waals surface area (Å²) >= 11 is 1.01. The normalized spacial score (nSPS) is 11.9. The van der Waals surface area contributed by atoms with Crippen molar-refractivity contribution < 1.29 is 24.3 Å². The maximum Gasteiger partial charge on any atom is 0.413 e. The van der Waals surface area contributed by atoms with E-state index in [-0.39, 0.29) is 16.5 Å². The maximum atomic E-state index is 11.5. The summed E-state index contributed by atoms with van der Waals surface area (Å²) in [7, 11) is 1.23. The van der Waals surface area contributed by atoms with Crippen molar-refractivity contribution in [2.45, 2.75) is 26.4 Å². The van der Waals surface area contributed by atoms with Gasteiger partial charge in [-0.25, -0.2) is 14.6 Å². The molecule has 1 heterocycles. The van der Waals surface area contributed by atoms with Crippen LogP contribution in [0.3, 0.4) is 0 Å². The number of carbonyl (C=O) groups is 2. The standard InChI is InChI=1S/C11H15N3O5S/c1-11(2,3)19-10(17)13-6-5-20-8(12-6)7(9(15)16)14-18-4/h5H,1-4H3,(H,13,17)(H,15,16)/b14-7-. The van der Waals surface area contributed by atoms with Crippen LogP contribution in [0.15, 0.2) is 10.5 Å². The Morgan fingerprint density at radius 2 is 2.10 bits per heavy atom. The number of carboxylic acids is 1. The first-order chi connectivity index (χ1) is 9.23. The van der Waals surface area contributed by atoms with E-state index in [1.807, 2.05) is 0 Å². The van der Waals surface area contributed by atoms with Gasteiger partial charge in [-0.15, -0.1) is 11.3 Å². The summed E-state index contributed by atoms with van der Waals surface area (Å²) in [5.74, 6) is -1.09. The molecular formula is C11H15N3O5S. The van der Waals surface area contributed by atoms with E-state index in [4.69, 9.17) is 9.84 Å². The summed E-state index contributed by atoms with van der Waals surface area (Å²) in [5.41, 5.74) is -0.970. The van der Waals surface area contributed by atoms with E-state index >= 15 is 0 Å². The van der Waals surface area contributed by atoms with E-state index < -0.39 is 17.7 Å². The molecule has 0 spiro atoms. The highest BCUT2D eigenvalue weighted by Gasteiger charge is 2.20. The monoisotopic (exact) mass is 301 g/mol. The number of amides is 1. The highest BCUT2D eigenvalue weighted by atomic mass is 32.1. The third-order valence-electron chi connectivity index (χ3n) is 1.72. The largest absolute Gasteiger partial charge is 0.476 e. The minimum Gasteiger partial charge on any atom is -0.476 e. The molecule has 0 aromatic carbocycles. The molecule has 0 aliphatic heterocycles. The van der Waals surface area contributed by atoms with E-state index in [1.165, 1.54) is 12.5 Å². The van der Waals surface area contributed by atoms with Gasteiger partial charge in [-0.2, -0.15) is 0 Å². The van der Waals surface area contributed by atoms with Crippen molar-refractivity contribution in [2.75, 3.05) is 12.4 Å². The van der Waals surface area contributed by atoms with Crippen LogP contribution >= 0.6 is 11.3 Å². The molecule has 1 aromatic heterocycles. The van der Waals surface area contributed by atoms with Gasteiger partial charge in [0.05, 0.1) is 0 Å². The highest BCUT2D eigenvalue weighted by Crippen LogP contribution is 2.17. The molecule has 0 aliphatic rings. The van der Waals surface area contributed by atoms with Crippen molar-refractivity contribution in [3.8, 4) is 0 Å². The SMILES string of the molecule is CO/N=C(\C(=O)O)c1nc(NC(=O)OC(C)(C)C)cs1. The predicted octanol–water partition coefficient (Wildman–Crippen LogP) is 1.93. The molecule has 0 unspecified atom stereocenters. The first-order valence-corrected chi connectivity index (χ1v) is 6.41. The second kappa shape index (κ2) is 6.33. The number of nitrogens with zero attached hydrogens (tertiary/aromatic N) is 2. The van der Waals surface area contributed by atoms with E-state index in [0.29, 0.717) is 0 Å². The van der Waals surface area contributed by atoms with E-state index in [0.717, 1.165) is 11.3 Å². The average molecular weight is 301 g/mol. The third kappa shape index (κ3) is 4.84. The number of aliphatic carboxylic acids is 1. The van der Waals surface area contributed by atoms with Crippen molar-refractivity contribution >= 4 is 34.9 Å². The Labute approximate surface area is 119 Å². The van der Waals surface area contributed by atoms with Crippen LogP contribution in [-0.2, 0) is 14.4 Å². The Bertz CT molecular complexity index is 532. The molecule has 0 bridgehead atoms. The zero-order chi connectivity index (χ0) is 15.3. The molecule has 1 rings (SSSR count). The molecule has 1 amide bonds. The number of oxime groups is 1. The second-order valence-electron chi connectivity index (χ2n) is 4.59. The molecular weight excluding hydrogens is 286 g/mol. The fourth-order valence-corrected chi connectivity index (χ4v) is 1.83. The quantitative estimate of drug-likeness (QED) is 0.649. The van der Waals surface area contributed by atoms with Crippen molar-refractivity contribution in [1.29, 1.82) is 0 Å². The zero-order valence-electron chi connectivity index (χ0n) is 11.5. The number of hydrogen-bond donors (Lipinski definition) is 2. The first kappa shape index (κ1) is 15.9. The van der Waals surface area contributed by atoms with Crippen LogP contribution in [0.2, 0.25) is 0 Å². The van der Waals surface area contributed by atoms with E-state index in [1.54, 1.807) is 20.8 Å². The fourth-order valence-electron chi connectivity index (χ4n) is 1.11. The molecule has 0 saturated carbocycles. The maximum absolute atomic E-state index is 11.5. The number of carboxylic acid groups (broad SMARTS) is 1. The van der Waals surface area contributed by atoms with Gasteiger partial charge in [-0.05, 0) is 20.8 Å². The van der Waals surface area contributed by atoms with Gasteiger partial charge in [0.15, 0.2) is 5.01 Å². The Morgan fingerprint density at radius 1 is 1.45 bits per heavy atom. The number of thiazole rings is 1. The summed E-state index contributed by atoms with van der Waals surface area (Å²) in [5, 5.41) is 16.3. The van der Waals surface area contributed by atoms with Gasteiger partial charge in [0.25, 0.3) is 0 Å². The van der Waals surface area contributed by atoms with Crippen LogP contribution in [0, 0.1) is 0 Å². The minimum absolute atomic E-state index is 0.116. The highest BCUT2D eigenvalue weighted by molar-refractivity contribution is 7.13. The zero-order valence-corrected chi connectivity index (χ0v) is 12.3. The Morgan fingerprint density at radius 3 is 2.60 bits per heavy atom. The molecule has 110 valence electrons. The van der Waals surface area contributed by atoms with Crippen LogP contribution in [0.1, 0.15) is 25.8 Å². The predicted molar refractivity (Wildman–Crippen MR) is 73.2 cm³/mol. The number of aromatic nitrogens is 1. The molecule has 8 nitrogen and oxygen atoms in total. The number of nitrogens with one attached hydrogen (secondary N) is 1. The van der Waals surface area contributed by atoms with Crippen LogP contribution in [0.5, 0.6) is 0 Å². The number of carbonyl (C=O) groups excluding carboxylic acids is 1. The fraction of sp³-hybridized carbons (Fsp3) is 0.455. The molecule has 9 heteroatoms. The lowest BCUT2D eigenvalue weighted by Gasteiger charge is -2.19. The molecule has 2 N–H and O–H groups in total.